The molecule has 0 aromatic carbocycles. The van der Waals surface area contributed by atoms with Gasteiger partial charge >= 0.3 is 0 Å². The van der Waals surface area contributed by atoms with Gasteiger partial charge in [0, 0.05) is 26.2 Å². The fourth-order valence-corrected chi connectivity index (χ4v) is 3.19. The number of nitrogens with zero attached hydrogens (tertiary/aromatic N) is 2. The van der Waals surface area contributed by atoms with Gasteiger partial charge in [0.05, 0.1) is 0 Å². The van der Waals surface area contributed by atoms with Gasteiger partial charge in [0.25, 0.3) is 0 Å². The first-order valence-corrected chi connectivity index (χ1v) is 6.71. The van der Waals surface area contributed by atoms with Gasteiger partial charge < -0.3 is 10.2 Å². The van der Waals surface area contributed by atoms with E-state index in [9.17, 15) is 0 Å². The van der Waals surface area contributed by atoms with Gasteiger partial charge in [-0.2, -0.15) is 0 Å². The molecule has 1 heterocycles. The summed E-state index contributed by atoms with van der Waals surface area (Å²) in [7, 11) is 1.92. The van der Waals surface area contributed by atoms with Crippen LogP contribution in [0.1, 0.15) is 39.0 Å². The van der Waals surface area contributed by atoms with Gasteiger partial charge in [-0.05, 0) is 37.0 Å². The van der Waals surface area contributed by atoms with Crippen LogP contribution in [0.4, 0.5) is 0 Å². The smallest absolute Gasteiger partial charge is 0.193 e. The first kappa shape index (κ1) is 10.4. The molecule has 16 heavy (non-hydrogen) atoms. The summed E-state index contributed by atoms with van der Waals surface area (Å²) in [6, 6.07) is 0.691. The Morgan fingerprint density at radius 1 is 1.38 bits per heavy atom. The van der Waals surface area contributed by atoms with Crippen molar-refractivity contribution in [3.05, 3.63) is 0 Å². The van der Waals surface area contributed by atoms with E-state index in [1.807, 2.05) is 7.05 Å². The van der Waals surface area contributed by atoms with E-state index in [1.165, 1.54) is 45.2 Å². The molecule has 1 saturated heterocycles. The van der Waals surface area contributed by atoms with E-state index in [2.05, 4.69) is 22.1 Å². The van der Waals surface area contributed by atoms with Gasteiger partial charge in [-0.1, -0.05) is 13.3 Å². The summed E-state index contributed by atoms with van der Waals surface area (Å²) in [5.41, 5.74) is 0.673. The fraction of sp³-hybridized carbons (Fsp3) is 0.923. The lowest BCUT2D eigenvalue weighted by Crippen LogP contribution is -2.43. The highest BCUT2D eigenvalue weighted by molar-refractivity contribution is 5.81. The van der Waals surface area contributed by atoms with Crippen molar-refractivity contribution in [2.45, 2.75) is 45.1 Å². The molecule has 0 amide bonds. The summed E-state index contributed by atoms with van der Waals surface area (Å²) in [5, 5.41) is 3.59. The summed E-state index contributed by atoms with van der Waals surface area (Å²) < 4.78 is 0. The minimum absolute atomic E-state index is 0.673. The lowest BCUT2D eigenvalue weighted by atomic mass is 9.68. The van der Waals surface area contributed by atoms with Crippen LogP contribution < -0.4 is 5.32 Å². The SMILES string of the molecule is CN=C(NC1CC1C)N1CCC2(CCC2)C1. The third-order valence-corrected chi connectivity index (χ3v) is 4.79. The Bertz CT molecular complexity index is 306. The highest BCUT2D eigenvalue weighted by atomic mass is 15.3. The van der Waals surface area contributed by atoms with Crippen LogP contribution in [-0.4, -0.2) is 37.0 Å². The highest BCUT2D eigenvalue weighted by Crippen LogP contribution is 2.48. The summed E-state index contributed by atoms with van der Waals surface area (Å²) in [6.07, 6.45) is 7.03. The van der Waals surface area contributed by atoms with Crippen molar-refractivity contribution in [3.8, 4) is 0 Å². The second-order valence-corrected chi connectivity index (χ2v) is 6.04. The molecule has 3 nitrogen and oxygen atoms in total. The number of guanidine groups is 1. The third kappa shape index (κ3) is 1.70. The zero-order valence-corrected chi connectivity index (χ0v) is 10.5. The molecule has 3 fully saturated rings. The van der Waals surface area contributed by atoms with Gasteiger partial charge in [-0.15, -0.1) is 0 Å². The van der Waals surface area contributed by atoms with Crippen LogP contribution in [0.25, 0.3) is 0 Å². The lowest BCUT2D eigenvalue weighted by Gasteiger charge is -2.38. The second-order valence-electron chi connectivity index (χ2n) is 6.04. The average molecular weight is 221 g/mol. The lowest BCUT2D eigenvalue weighted by molar-refractivity contribution is 0.151. The minimum Gasteiger partial charge on any atom is -0.353 e. The van der Waals surface area contributed by atoms with E-state index in [0.717, 1.165) is 11.9 Å². The summed E-state index contributed by atoms with van der Waals surface area (Å²) in [5.74, 6) is 2.00. The number of hydrogen-bond acceptors (Lipinski definition) is 1. The molecule has 0 bridgehead atoms. The van der Waals surface area contributed by atoms with E-state index >= 15 is 0 Å². The van der Waals surface area contributed by atoms with Crippen LogP contribution in [0, 0.1) is 11.3 Å². The Morgan fingerprint density at radius 2 is 2.12 bits per heavy atom. The van der Waals surface area contributed by atoms with Crippen molar-refractivity contribution in [2.75, 3.05) is 20.1 Å². The van der Waals surface area contributed by atoms with E-state index < -0.39 is 0 Å². The summed E-state index contributed by atoms with van der Waals surface area (Å²) in [4.78, 5) is 6.92. The van der Waals surface area contributed by atoms with Gasteiger partial charge in [0.1, 0.15) is 0 Å². The highest BCUT2D eigenvalue weighted by Gasteiger charge is 2.44. The van der Waals surface area contributed by atoms with E-state index in [0.29, 0.717) is 11.5 Å². The Kier molecular flexibility index (Phi) is 2.37. The van der Waals surface area contributed by atoms with Crippen molar-refractivity contribution < 1.29 is 0 Å². The molecule has 3 heteroatoms. The summed E-state index contributed by atoms with van der Waals surface area (Å²) in [6.45, 7) is 4.76. The molecule has 3 aliphatic rings. The maximum absolute atomic E-state index is 4.44. The topological polar surface area (TPSA) is 27.6 Å². The zero-order chi connectivity index (χ0) is 11.2. The van der Waals surface area contributed by atoms with Crippen LogP contribution >= 0.6 is 0 Å². The van der Waals surface area contributed by atoms with E-state index in [4.69, 9.17) is 0 Å². The third-order valence-electron chi connectivity index (χ3n) is 4.79. The average Bonchev–Trinajstić information content (AvgIpc) is 2.78. The zero-order valence-electron chi connectivity index (χ0n) is 10.5. The normalized spacial score (nSPS) is 36.4. The molecule has 1 aliphatic heterocycles. The molecule has 0 radical (unpaired) electrons. The van der Waals surface area contributed by atoms with Gasteiger partial charge in [-0.3, -0.25) is 4.99 Å². The van der Waals surface area contributed by atoms with Crippen LogP contribution in [0.3, 0.4) is 0 Å². The van der Waals surface area contributed by atoms with Crippen molar-refractivity contribution in [1.82, 2.24) is 10.2 Å². The Balaban J connectivity index is 1.59. The number of aliphatic imine (C=N–C) groups is 1. The molecule has 90 valence electrons. The number of nitrogens with one attached hydrogen (secondary N) is 1. The van der Waals surface area contributed by atoms with Crippen LogP contribution in [0.2, 0.25) is 0 Å². The molecule has 2 atom stereocenters. The second kappa shape index (κ2) is 3.64. The molecule has 2 unspecified atom stereocenters. The van der Waals surface area contributed by atoms with E-state index in [-0.39, 0.29) is 0 Å². The largest absolute Gasteiger partial charge is 0.353 e. The molecular weight excluding hydrogens is 198 g/mol. The predicted molar refractivity (Wildman–Crippen MR) is 66.5 cm³/mol. The standard InChI is InChI=1S/C13H23N3/c1-10-8-11(10)15-12(14-2)16-7-6-13(9-16)4-3-5-13/h10-11H,3-9H2,1-2H3,(H,14,15). The van der Waals surface area contributed by atoms with Crippen molar-refractivity contribution in [2.24, 2.45) is 16.3 Å². The number of likely N-dealkylation sites (tertiary alicyclic amines) is 1. The van der Waals surface area contributed by atoms with Crippen LogP contribution in [0.15, 0.2) is 4.99 Å². The fourth-order valence-electron chi connectivity index (χ4n) is 3.19. The molecule has 0 aromatic rings. The molecule has 2 aliphatic carbocycles. The first-order valence-electron chi connectivity index (χ1n) is 6.71. The van der Waals surface area contributed by atoms with Crippen molar-refractivity contribution in [3.63, 3.8) is 0 Å². The van der Waals surface area contributed by atoms with Gasteiger partial charge in [-0.25, -0.2) is 0 Å². The van der Waals surface area contributed by atoms with E-state index in [1.54, 1.807) is 0 Å². The van der Waals surface area contributed by atoms with Gasteiger partial charge in [0.15, 0.2) is 5.96 Å². The summed E-state index contributed by atoms with van der Waals surface area (Å²) >= 11 is 0. The monoisotopic (exact) mass is 221 g/mol. The van der Waals surface area contributed by atoms with Crippen LogP contribution in [-0.2, 0) is 0 Å². The molecule has 0 aromatic heterocycles. The number of rotatable bonds is 1. The maximum atomic E-state index is 4.44. The Morgan fingerprint density at radius 3 is 2.56 bits per heavy atom. The number of hydrogen-bond donors (Lipinski definition) is 1. The molecule has 3 rings (SSSR count). The quantitative estimate of drug-likeness (QED) is 0.540. The molecule has 1 spiro atoms. The first-order chi connectivity index (χ1) is 7.72. The maximum Gasteiger partial charge on any atom is 0.193 e. The van der Waals surface area contributed by atoms with Crippen LogP contribution in [0.5, 0.6) is 0 Å². The minimum atomic E-state index is 0.673. The molecular formula is C13H23N3. The molecule has 2 saturated carbocycles. The predicted octanol–water partition coefficient (Wildman–Crippen LogP) is 1.85. The Labute approximate surface area is 98.3 Å². The van der Waals surface area contributed by atoms with Crippen molar-refractivity contribution >= 4 is 5.96 Å². The van der Waals surface area contributed by atoms with Gasteiger partial charge in [0.2, 0.25) is 0 Å². The molecule has 1 N–H and O–H groups in total. The Hall–Kier alpha value is -0.730. The van der Waals surface area contributed by atoms with Crippen molar-refractivity contribution in [1.29, 1.82) is 0 Å².